The van der Waals surface area contributed by atoms with Crippen molar-refractivity contribution in [2.24, 2.45) is 5.10 Å². The summed E-state index contributed by atoms with van der Waals surface area (Å²) in [7, 11) is -3.66. The number of carbonyl (C=O) groups is 1. The summed E-state index contributed by atoms with van der Waals surface area (Å²) in [6, 6.07) is 5.91. The van der Waals surface area contributed by atoms with Crippen molar-refractivity contribution in [2.45, 2.75) is 50.8 Å². The molecule has 0 aliphatic rings. The normalized spacial score (nSPS) is 11.5. The van der Waals surface area contributed by atoms with Crippen LogP contribution in [0.5, 0.6) is 0 Å². The Labute approximate surface area is 132 Å². The van der Waals surface area contributed by atoms with Crippen molar-refractivity contribution in [2.75, 3.05) is 5.32 Å². The summed E-state index contributed by atoms with van der Waals surface area (Å²) in [5.74, 6) is -0.207. The second kappa shape index (κ2) is 9.19. The van der Waals surface area contributed by atoms with Gasteiger partial charge in [-0.25, -0.2) is 4.83 Å². The lowest BCUT2D eigenvalue weighted by molar-refractivity contribution is -0.114. The van der Waals surface area contributed by atoms with Crippen LogP contribution in [0.2, 0.25) is 0 Å². The van der Waals surface area contributed by atoms with Crippen molar-refractivity contribution in [3.05, 3.63) is 24.3 Å². The SMILES string of the molecule is CCCCCC/C=N\NS(=O)(=O)c1ccc(NC(C)=O)cc1. The number of rotatable bonds is 9. The van der Waals surface area contributed by atoms with Crippen molar-refractivity contribution in [1.82, 2.24) is 4.83 Å². The molecule has 0 bridgehead atoms. The van der Waals surface area contributed by atoms with Crippen molar-refractivity contribution in [3.63, 3.8) is 0 Å². The van der Waals surface area contributed by atoms with E-state index in [1.54, 1.807) is 6.21 Å². The molecule has 1 rings (SSSR count). The van der Waals surface area contributed by atoms with E-state index >= 15 is 0 Å². The summed E-state index contributed by atoms with van der Waals surface area (Å²) in [5.41, 5.74) is 0.547. The Morgan fingerprint density at radius 3 is 2.45 bits per heavy atom. The van der Waals surface area contributed by atoms with Crippen LogP contribution in [-0.2, 0) is 14.8 Å². The summed E-state index contributed by atoms with van der Waals surface area (Å²) in [6.07, 6.45) is 6.81. The predicted molar refractivity (Wildman–Crippen MR) is 88.3 cm³/mol. The predicted octanol–water partition coefficient (Wildman–Crippen LogP) is 2.88. The molecule has 0 saturated heterocycles. The van der Waals surface area contributed by atoms with Gasteiger partial charge >= 0.3 is 0 Å². The molecular formula is C15H23N3O3S. The number of hydrogen-bond donors (Lipinski definition) is 2. The van der Waals surface area contributed by atoms with E-state index in [4.69, 9.17) is 0 Å². The molecule has 0 saturated carbocycles. The molecule has 0 aromatic heterocycles. The van der Waals surface area contributed by atoms with E-state index in [0.717, 1.165) is 25.7 Å². The summed E-state index contributed by atoms with van der Waals surface area (Å²) < 4.78 is 24.0. The fraction of sp³-hybridized carbons (Fsp3) is 0.467. The molecule has 7 heteroatoms. The zero-order valence-electron chi connectivity index (χ0n) is 13.0. The number of anilines is 1. The molecule has 0 unspecified atom stereocenters. The fourth-order valence-electron chi connectivity index (χ4n) is 1.81. The second-order valence-corrected chi connectivity index (χ2v) is 6.62. The highest BCUT2D eigenvalue weighted by atomic mass is 32.2. The molecule has 122 valence electrons. The van der Waals surface area contributed by atoms with Gasteiger partial charge in [0.05, 0.1) is 4.90 Å². The highest BCUT2D eigenvalue weighted by molar-refractivity contribution is 7.89. The number of carbonyl (C=O) groups excluding carboxylic acids is 1. The van der Waals surface area contributed by atoms with E-state index in [0.29, 0.717) is 5.69 Å². The van der Waals surface area contributed by atoms with Crippen LogP contribution in [0.4, 0.5) is 5.69 Å². The largest absolute Gasteiger partial charge is 0.326 e. The highest BCUT2D eigenvalue weighted by Crippen LogP contribution is 2.13. The van der Waals surface area contributed by atoms with E-state index in [-0.39, 0.29) is 10.8 Å². The minimum atomic E-state index is -3.66. The van der Waals surface area contributed by atoms with Gasteiger partial charge in [-0.3, -0.25) is 4.79 Å². The molecule has 0 atom stereocenters. The topological polar surface area (TPSA) is 87.6 Å². The van der Waals surface area contributed by atoms with Crippen LogP contribution in [0.3, 0.4) is 0 Å². The van der Waals surface area contributed by atoms with Crippen LogP contribution < -0.4 is 10.1 Å². The summed E-state index contributed by atoms with van der Waals surface area (Å²) >= 11 is 0. The first-order valence-corrected chi connectivity index (χ1v) is 8.85. The van der Waals surface area contributed by atoms with Crippen LogP contribution >= 0.6 is 0 Å². The van der Waals surface area contributed by atoms with Crippen LogP contribution in [0, 0.1) is 0 Å². The summed E-state index contributed by atoms with van der Waals surface area (Å²) in [5, 5.41) is 6.33. The van der Waals surface area contributed by atoms with Gasteiger partial charge in [0.2, 0.25) is 5.91 Å². The number of nitrogens with zero attached hydrogens (tertiary/aromatic N) is 1. The first kappa shape index (κ1) is 18.2. The van der Waals surface area contributed by atoms with E-state index in [1.165, 1.54) is 37.6 Å². The van der Waals surface area contributed by atoms with E-state index in [1.807, 2.05) is 0 Å². The Morgan fingerprint density at radius 2 is 1.86 bits per heavy atom. The third-order valence-corrected chi connectivity index (χ3v) is 4.17. The van der Waals surface area contributed by atoms with Crippen molar-refractivity contribution in [3.8, 4) is 0 Å². The monoisotopic (exact) mass is 325 g/mol. The molecule has 0 fully saturated rings. The van der Waals surface area contributed by atoms with Gasteiger partial charge in [0, 0.05) is 18.8 Å². The van der Waals surface area contributed by atoms with Crippen molar-refractivity contribution < 1.29 is 13.2 Å². The van der Waals surface area contributed by atoms with Crippen molar-refractivity contribution in [1.29, 1.82) is 0 Å². The number of sulfonamides is 1. The number of unbranched alkanes of at least 4 members (excludes halogenated alkanes) is 4. The molecule has 0 heterocycles. The van der Waals surface area contributed by atoms with Gasteiger partial charge in [-0.15, -0.1) is 0 Å². The van der Waals surface area contributed by atoms with Gasteiger partial charge in [-0.05, 0) is 37.1 Å². The van der Waals surface area contributed by atoms with Crippen LogP contribution in [0.15, 0.2) is 34.3 Å². The lowest BCUT2D eigenvalue weighted by Crippen LogP contribution is -2.18. The Bertz CT molecular complexity index is 595. The van der Waals surface area contributed by atoms with E-state index in [9.17, 15) is 13.2 Å². The first-order chi connectivity index (χ1) is 10.5. The van der Waals surface area contributed by atoms with Gasteiger partial charge in [-0.2, -0.15) is 13.5 Å². The Balaban J connectivity index is 2.51. The standard InChI is InChI=1S/C15H23N3O3S/c1-3-4-5-6-7-12-16-18-22(20,21)15-10-8-14(9-11-15)17-13(2)19/h8-12,18H,3-7H2,1-2H3,(H,17,19)/b16-12-. The smallest absolute Gasteiger partial charge is 0.276 e. The number of hydrogen-bond acceptors (Lipinski definition) is 4. The Hall–Kier alpha value is -1.89. The molecule has 22 heavy (non-hydrogen) atoms. The molecule has 2 N–H and O–H groups in total. The maximum Gasteiger partial charge on any atom is 0.276 e. The van der Waals surface area contributed by atoms with Crippen molar-refractivity contribution >= 4 is 27.8 Å². The molecule has 1 aromatic carbocycles. The average molecular weight is 325 g/mol. The van der Waals surface area contributed by atoms with Gasteiger partial charge in [0.25, 0.3) is 10.0 Å². The molecule has 0 radical (unpaired) electrons. The number of nitrogens with one attached hydrogen (secondary N) is 2. The minimum Gasteiger partial charge on any atom is -0.326 e. The van der Waals surface area contributed by atoms with E-state index < -0.39 is 10.0 Å². The quantitative estimate of drug-likeness (QED) is 0.416. The molecule has 0 aliphatic heterocycles. The third kappa shape index (κ3) is 6.71. The second-order valence-electron chi connectivity index (χ2n) is 4.96. The molecule has 0 aliphatic carbocycles. The van der Waals surface area contributed by atoms with Gasteiger partial charge in [0.15, 0.2) is 0 Å². The first-order valence-electron chi connectivity index (χ1n) is 7.36. The van der Waals surface area contributed by atoms with E-state index in [2.05, 4.69) is 22.2 Å². The number of amides is 1. The van der Waals surface area contributed by atoms with Crippen LogP contribution in [0.25, 0.3) is 0 Å². The lowest BCUT2D eigenvalue weighted by atomic mass is 10.2. The maximum atomic E-state index is 12.0. The molecule has 6 nitrogen and oxygen atoms in total. The third-order valence-electron chi connectivity index (χ3n) is 2.94. The highest BCUT2D eigenvalue weighted by Gasteiger charge is 2.12. The molecular weight excluding hydrogens is 302 g/mol. The fourth-order valence-corrected chi connectivity index (χ4v) is 2.62. The van der Waals surface area contributed by atoms with Gasteiger partial charge < -0.3 is 5.32 Å². The molecule has 1 aromatic rings. The number of hydrazone groups is 1. The zero-order valence-corrected chi connectivity index (χ0v) is 13.8. The molecule has 1 amide bonds. The van der Waals surface area contributed by atoms with Crippen LogP contribution in [0.1, 0.15) is 46.0 Å². The lowest BCUT2D eigenvalue weighted by Gasteiger charge is -2.05. The van der Waals surface area contributed by atoms with Gasteiger partial charge in [-0.1, -0.05) is 26.2 Å². The minimum absolute atomic E-state index is 0.102. The zero-order chi connectivity index (χ0) is 16.4. The number of benzene rings is 1. The Morgan fingerprint density at radius 1 is 1.18 bits per heavy atom. The van der Waals surface area contributed by atoms with Gasteiger partial charge in [0.1, 0.15) is 0 Å². The summed E-state index contributed by atoms with van der Waals surface area (Å²) in [6.45, 7) is 3.53. The maximum absolute atomic E-state index is 12.0. The Kier molecular flexibility index (Phi) is 7.59. The molecule has 0 spiro atoms. The van der Waals surface area contributed by atoms with Crippen LogP contribution in [-0.4, -0.2) is 20.5 Å². The summed E-state index contributed by atoms with van der Waals surface area (Å²) in [4.78, 5) is 13.2. The average Bonchev–Trinajstić information content (AvgIpc) is 2.46.